The van der Waals surface area contributed by atoms with Gasteiger partial charge in [0.1, 0.15) is 6.33 Å². The topological polar surface area (TPSA) is 42.9 Å². The number of hydrogen-bond donors (Lipinski definition) is 0. The maximum atomic E-state index is 10.4. The summed E-state index contributed by atoms with van der Waals surface area (Å²) in [6.07, 6.45) is 4.02. The molecule has 0 aromatic carbocycles. The first-order valence-corrected chi connectivity index (χ1v) is 4.53. The Morgan fingerprint density at radius 3 is 2.85 bits per heavy atom. The predicted octanol–water partition coefficient (Wildman–Crippen LogP) is 2.02. The van der Waals surface area contributed by atoms with E-state index in [2.05, 4.69) is 9.97 Å². The largest absolute Gasteiger partial charge is 0.297 e. The van der Waals surface area contributed by atoms with Gasteiger partial charge >= 0.3 is 0 Å². The van der Waals surface area contributed by atoms with Crippen molar-refractivity contribution in [2.75, 3.05) is 0 Å². The van der Waals surface area contributed by atoms with E-state index in [-0.39, 0.29) is 0 Å². The van der Waals surface area contributed by atoms with Crippen LogP contribution in [0.2, 0.25) is 0 Å². The fraction of sp³-hybridized carbons (Fsp3) is 0. The van der Waals surface area contributed by atoms with Gasteiger partial charge < -0.3 is 0 Å². The first-order valence-electron chi connectivity index (χ1n) is 3.71. The lowest BCUT2D eigenvalue weighted by molar-refractivity contribution is 0.112. The van der Waals surface area contributed by atoms with E-state index in [1.165, 1.54) is 17.7 Å². The van der Waals surface area contributed by atoms with Gasteiger partial charge in [0.25, 0.3) is 0 Å². The molecule has 0 aliphatic rings. The Balaban J connectivity index is 2.41. The molecule has 0 amide bonds. The third-order valence-electron chi connectivity index (χ3n) is 1.58. The van der Waals surface area contributed by atoms with Crippen LogP contribution in [0.5, 0.6) is 0 Å². The summed E-state index contributed by atoms with van der Waals surface area (Å²) in [6.45, 7) is 0. The van der Waals surface area contributed by atoms with E-state index in [1.807, 2.05) is 12.1 Å². The summed E-state index contributed by atoms with van der Waals surface area (Å²) in [5.74, 6) is 0. The minimum Gasteiger partial charge on any atom is -0.297 e. The van der Waals surface area contributed by atoms with E-state index in [4.69, 9.17) is 0 Å². The molecule has 0 saturated heterocycles. The van der Waals surface area contributed by atoms with Crippen molar-refractivity contribution in [1.82, 2.24) is 9.97 Å². The molecule has 2 rings (SSSR count). The smallest absolute Gasteiger partial charge is 0.160 e. The van der Waals surface area contributed by atoms with E-state index in [1.54, 1.807) is 12.3 Å². The van der Waals surface area contributed by atoms with Crippen molar-refractivity contribution in [2.24, 2.45) is 0 Å². The van der Waals surface area contributed by atoms with E-state index in [9.17, 15) is 4.79 Å². The molecule has 0 bridgehead atoms. The van der Waals surface area contributed by atoms with Crippen LogP contribution in [0, 0.1) is 0 Å². The number of hydrogen-bond acceptors (Lipinski definition) is 4. The van der Waals surface area contributed by atoms with Crippen molar-refractivity contribution in [3.8, 4) is 10.6 Å². The van der Waals surface area contributed by atoms with Gasteiger partial charge in [-0.3, -0.25) is 4.79 Å². The first-order chi connectivity index (χ1) is 6.40. The molecule has 0 aliphatic heterocycles. The number of thiophene rings is 1. The van der Waals surface area contributed by atoms with Gasteiger partial charge in [0.2, 0.25) is 0 Å². The second-order valence-electron chi connectivity index (χ2n) is 2.41. The summed E-state index contributed by atoms with van der Waals surface area (Å²) in [5.41, 5.74) is 0.855. The van der Waals surface area contributed by atoms with Gasteiger partial charge in [0.05, 0.1) is 15.4 Å². The summed E-state index contributed by atoms with van der Waals surface area (Å²) < 4.78 is 0. The van der Waals surface area contributed by atoms with Gasteiger partial charge in [-0.2, -0.15) is 0 Å². The van der Waals surface area contributed by atoms with Crippen LogP contribution < -0.4 is 0 Å². The summed E-state index contributed by atoms with van der Waals surface area (Å²) in [6, 6.07) is 5.49. The molecule has 13 heavy (non-hydrogen) atoms. The zero-order chi connectivity index (χ0) is 9.10. The summed E-state index contributed by atoms with van der Waals surface area (Å²) in [4.78, 5) is 20.0. The molecule has 0 fully saturated rings. The van der Waals surface area contributed by atoms with Crippen molar-refractivity contribution >= 4 is 17.6 Å². The number of nitrogens with zero attached hydrogens (tertiary/aromatic N) is 2. The highest BCUT2D eigenvalue weighted by molar-refractivity contribution is 7.17. The van der Waals surface area contributed by atoms with Crippen molar-refractivity contribution < 1.29 is 4.79 Å². The maximum Gasteiger partial charge on any atom is 0.160 e. The molecule has 0 unspecified atom stereocenters. The van der Waals surface area contributed by atoms with Crippen molar-refractivity contribution in [3.05, 3.63) is 35.6 Å². The highest BCUT2D eigenvalue weighted by Crippen LogP contribution is 2.24. The molecular formula is C9H6N2OS. The molecule has 0 atom stereocenters. The van der Waals surface area contributed by atoms with Crippen LogP contribution in [0.3, 0.4) is 0 Å². The van der Waals surface area contributed by atoms with Crippen LogP contribution in [0.4, 0.5) is 0 Å². The maximum absolute atomic E-state index is 10.4. The molecule has 64 valence electrons. The molecule has 0 aliphatic carbocycles. The average molecular weight is 190 g/mol. The van der Waals surface area contributed by atoms with E-state index in [0.29, 0.717) is 4.88 Å². The van der Waals surface area contributed by atoms with Crippen LogP contribution in [0.25, 0.3) is 10.6 Å². The normalized spacial score (nSPS) is 9.85. The van der Waals surface area contributed by atoms with Crippen LogP contribution in [0.1, 0.15) is 9.67 Å². The fourth-order valence-corrected chi connectivity index (χ4v) is 1.79. The Morgan fingerprint density at radius 1 is 1.31 bits per heavy atom. The molecule has 0 spiro atoms. The molecule has 0 saturated carbocycles. The Morgan fingerprint density at radius 2 is 2.23 bits per heavy atom. The van der Waals surface area contributed by atoms with Gasteiger partial charge in [-0.05, 0) is 18.2 Å². The second kappa shape index (κ2) is 3.45. The lowest BCUT2D eigenvalue weighted by Gasteiger charge is -1.91. The minimum atomic E-state index is 0.716. The van der Waals surface area contributed by atoms with Crippen LogP contribution >= 0.6 is 11.3 Å². The second-order valence-corrected chi connectivity index (χ2v) is 3.53. The molecule has 0 radical (unpaired) electrons. The SMILES string of the molecule is O=Cc1ccc(-c2ccncn2)s1. The average Bonchev–Trinajstić information content (AvgIpc) is 2.67. The molecule has 0 N–H and O–H groups in total. The molecular weight excluding hydrogens is 184 g/mol. The number of rotatable bonds is 2. The monoisotopic (exact) mass is 190 g/mol. The Labute approximate surface area is 79.1 Å². The van der Waals surface area contributed by atoms with Gasteiger partial charge in [-0.25, -0.2) is 9.97 Å². The summed E-state index contributed by atoms with van der Waals surface area (Å²) >= 11 is 1.43. The summed E-state index contributed by atoms with van der Waals surface area (Å²) in [5, 5.41) is 0. The Bertz CT molecular complexity index is 411. The third-order valence-corrected chi connectivity index (χ3v) is 2.61. The molecule has 3 nitrogen and oxygen atoms in total. The van der Waals surface area contributed by atoms with Crippen LogP contribution in [0.15, 0.2) is 30.7 Å². The lowest BCUT2D eigenvalue weighted by Crippen LogP contribution is -1.79. The number of aldehydes is 1. The quantitative estimate of drug-likeness (QED) is 0.680. The van der Waals surface area contributed by atoms with Crippen molar-refractivity contribution in [3.63, 3.8) is 0 Å². The highest BCUT2D eigenvalue weighted by Gasteiger charge is 2.01. The lowest BCUT2D eigenvalue weighted by atomic mass is 10.3. The van der Waals surface area contributed by atoms with Crippen LogP contribution in [-0.2, 0) is 0 Å². The Hall–Kier alpha value is -1.55. The minimum absolute atomic E-state index is 0.716. The van der Waals surface area contributed by atoms with Crippen LogP contribution in [-0.4, -0.2) is 16.3 Å². The molecule has 2 heterocycles. The predicted molar refractivity (Wildman–Crippen MR) is 50.7 cm³/mol. The standard InChI is InChI=1S/C9H6N2OS/c12-5-7-1-2-9(13-7)8-3-4-10-6-11-8/h1-6H. The molecule has 2 aromatic heterocycles. The summed E-state index contributed by atoms with van der Waals surface area (Å²) in [7, 11) is 0. The van der Waals surface area contributed by atoms with E-state index < -0.39 is 0 Å². The van der Waals surface area contributed by atoms with Crippen molar-refractivity contribution in [2.45, 2.75) is 0 Å². The fourth-order valence-electron chi connectivity index (χ4n) is 0.990. The zero-order valence-corrected chi connectivity index (χ0v) is 7.49. The van der Waals surface area contributed by atoms with Gasteiger partial charge in [-0.15, -0.1) is 11.3 Å². The van der Waals surface area contributed by atoms with E-state index in [0.717, 1.165) is 16.9 Å². The van der Waals surface area contributed by atoms with Gasteiger partial charge in [-0.1, -0.05) is 0 Å². The third kappa shape index (κ3) is 1.62. The zero-order valence-electron chi connectivity index (χ0n) is 6.68. The van der Waals surface area contributed by atoms with Gasteiger partial charge in [0.15, 0.2) is 6.29 Å². The Kier molecular flexibility index (Phi) is 2.14. The number of carbonyl (C=O) groups is 1. The highest BCUT2D eigenvalue weighted by atomic mass is 32.1. The van der Waals surface area contributed by atoms with Crippen molar-refractivity contribution in [1.29, 1.82) is 0 Å². The molecule has 2 aromatic rings. The van der Waals surface area contributed by atoms with Gasteiger partial charge in [0, 0.05) is 6.20 Å². The molecule has 4 heteroatoms. The number of aromatic nitrogens is 2. The van der Waals surface area contributed by atoms with E-state index >= 15 is 0 Å². The first kappa shape index (κ1) is 8.07. The number of carbonyl (C=O) groups excluding carboxylic acids is 1.